The summed E-state index contributed by atoms with van der Waals surface area (Å²) in [4.78, 5) is 24.7. The van der Waals surface area contributed by atoms with Crippen LogP contribution in [-0.2, 0) is 39.6 Å². The number of hydrogen-bond acceptors (Lipinski definition) is 15. The van der Waals surface area contributed by atoms with Crippen molar-refractivity contribution < 1.29 is 63.2 Å². The lowest BCUT2D eigenvalue weighted by Crippen LogP contribution is -2.50. The number of halogens is 1. The van der Waals surface area contributed by atoms with Gasteiger partial charge in [0.25, 0.3) is 0 Å². The lowest BCUT2D eigenvalue weighted by atomic mass is 9.85. The summed E-state index contributed by atoms with van der Waals surface area (Å²) < 4.78 is 43.9. The van der Waals surface area contributed by atoms with Gasteiger partial charge >= 0.3 is 5.97 Å². The Kier molecular flexibility index (Phi) is 18.9. The molecule has 6 aliphatic rings. The van der Waals surface area contributed by atoms with Crippen LogP contribution >= 0.6 is 15.9 Å². The van der Waals surface area contributed by atoms with E-state index in [-0.39, 0.29) is 86.3 Å². The van der Waals surface area contributed by atoms with Gasteiger partial charge in [-0.25, -0.2) is 14.8 Å². The summed E-state index contributed by atoms with van der Waals surface area (Å²) in [6.45, 7) is 10.2. The Morgan fingerprint density at radius 3 is 2.59 bits per heavy atom. The first-order valence-electron chi connectivity index (χ1n) is 24.3. The molecule has 4 saturated heterocycles. The van der Waals surface area contributed by atoms with E-state index in [1.807, 2.05) is 63.3 Å². The van der Waals surface area contributed by atoms with Crippen molar-refractivity contribution in [3.8, 4) is 0 Å². The van der Waals surface area contributed by atoms with E-state index in [9.17, 15) is 30.3 Å². The van der Waals surface area contributed by atoms with Crippen molar-refractivity contribution in [1.82, 2.24) is 4.98 Å². The highest BCUT2D eigenvalue weighted by molar-refractivity contribution is 9.11. The van der Waals surface area contributed by atoms with Gasteiger partial charge in [0, 0.05) is 56.8 Å². The van der Waals surface area contributed by atoms with E-state index in [0.717, 1.165) is 23.1 Å². The molecule has 0 aromatic carbocycles. The molecule has 16 heteroatoms. The zero-order valence-corrected chi connectivity index (χ0v) is 41.1. The highest BCUT2D eigenvalue weighted by Gasteiger charge is 2.44. The van der Waals surface area contributed by atoms with Gasteiger partial charge in [0.15, 0.2) is 11.7 Å². The predicted molar refractivity (Wildman–Crippen MR) is 258 cm³/mol. The molecule has 7 rings (SSSR count). The van der Waals surface area contributed by atoms with E-state index in [4.69, 9.17) is 37.8 Å². The van der Waals surface area contributed by atoms with Crippen molar-refractivity contribution in [3.05, 3.63) is 94.7 Å². The van der Waals surface area contributed by atoms with E-state index in [1.54, 1.807) is 11.1 Å². The molecule has 15 nitrogen and oxygen atoms in total. The Morgan fingerprint density at radius 1 is 1.00 bits per heavy atom. The number of aliphatic hydroxyl groups excluding tert-OH is 4. The predicted octanol–water partition coefficient (Wildman–Crippen LogP) is 6.68. The van der Waals surface area contributed by atoms with Crippen molar-refractivity contribution in [1.29, 1.82) is 0 Å². The first-order valence-corrected chi connectivity index (χ1v) is 25.2. The van der Waals surface area contributed by atoms with Gasteiger partial charge in [-0.15, -0.1) is 0 Å². The number of aliphatic imine (C=N–C) groups is 1. The molecule has 1 aromatic heterocycles. The molecule has 0 spiro atoms. The fourth-order valence-electron chi connectivity index (χ4n) is 10.4. The maximum absolute atomic E-state index is 13.4. The molecule has 0 aliphatic carbocycles. The molecule has 1 aromatic rings. The van der Waals surface area contributed by atoms with Crippen LogP contribution in [-0.4, -0.2) is 135 Å². The van der Waals surface area contributed by atoms with Gasteiger partial charge in [-0.3, -0.25) is 0 Å². The lowest BCUT2D eigenvalue weighted by Gasteiger charge is -2.41. The zero-order valence-electron chi connectivity index (χ0n) is 39.5. The molecule has 2 unspecified atom stereocenters. The fraction of sp³-hybridized carbons (Fsp3) is 0.635. The van der Waals surface area contributed by atoms with Gasteiger partial charge in [0.2, 0.25) is 5.90 Å². The van der Waals surface area contributed by atoms with Gasteiger partial charge in [-0.2, -0.15) is 0 Å². The van der Waals surface area contributed by atoms with Crippen LogP contribution in [0.15, 0.2) is 92.6 Å². The van der Waals surface area contributed by atoms with Crippen molar-refractivity contribution >= 4 is 33.9 Å². The number of rotatable bonds is 12. The summed E-state index contributed by atoms with van der Waals surface area (Å²) in [6, 6.07) is -0.240. The summed E-state index contributed by atoms with van der Waals surface area (Å²) in [5, 5.41) is 53.7. The van der Waals surface area contributed by atoms with Crippen molar-refractivity contribution in [2.45, 2.75) is 171 Å². The number of carbonyl (C=O) groups is 1. The second-order valence-corrected chi connectivity index (χ2v) is 20.2. The maximum Gasteiger partial charge on any atom is 0.330 e. The summed E-state index contributed by atoms with van der Waals surface area (Å²) in [6.07, 6.45) is 18.9. The quantitative estimate of drug-likeness (QED) is 0.0841. The Labute approximate surface area is 408 Å². The highest BCUT2D eigenvalue weighted by atomic mass is 79.9. The Bertz CT molecular complexity index is 2080. The number of allylic oxidation sites excluding steroid dienone is 3. The first-order chi connectivity index (χ1) is 32.7. The average molecular weight is 1010 g/mol. The minimum absolute atomic E-state index is 0.0183. The van der Waals surface area contributed by atoms with E-state index in [0.29, 0.717) is 76.0 Å². The van der Waals surface area contributed by atoms with E-state index >= 15 is 0 Å². The van der Waals surface area contributed by atoms with Crippen LogP contribution in [0.2, 0.25) is 0 Å². The SMILES string of the molecule is C=C1C[C@@H]2C[C@@H]3C[C@@H](O)C[C@@H](O3)C3COC(=N3)/C=C/C[C@@H]3C[C@H](OC(=O)/C=C\C[C@@H](C1)O2)[C@@H](C)C(/C(C)=C/c1coc(C[C@]2(O)C[C@H](CO)C[C@H]([C@H](O)/C=C(C)/C=C/[C@H](CO)C/C=C/Br)O2)n1)O3. The molecule has 374 valence electrons. The molecule has 15 atom stereocenters. The van der Waals surface area contributed by atoms with Gasteiger partial charge in [0.05, 0.1) is 61.4 Å². The summed E-state index contributed by atoms with van der Waals surface area (Å²) in [7, 11) is 0. The summed E-state index contributed by atoms with van der Waals surface area (Å²) in [5.41, 5.74) is 3.17. The van der Waals surface area contributed by atoms with E-state index in [1.165, 1.54) is 12.3 Å². The van der Waals surface area contributed by atoms with E-state index < -0.39 is 42.3 Å². The molecule has 6 aliphatic heterocycles. The fourth-order valence-corrected chi connectivity index (χ4v) is 10.6. The number of aromatic nitrogens is 1. The van der Waals surface area contributed by atoms with E-state index in [2.05, 4.69) is 27.5 Å². The number of nitrogens with zero attached hydrogens (tertiary/aromatic N) is 2. The smallest absolute Gasteiger partial charge is 0.330 e. The van der Waals surface area contributed by atoms with Crippen LogP contribution < -0.4 is 0 Å². The maximum atomic E-state index is 13.4. The second kappa shape index (κ2) is 24.5. The molecule has 4 fully saturated rings. The third-order valence-electron chi connectivity index (χ3n) is 13.8. The van der Waals surface area contributed by atoms with Gasteiger partial charge in [-0.05, 0) is 87.4 Å². The highest BCUT2D eigenvalue weighted by Crippen LogP contribution is 2.38. The summed E-state index contributed by atoms with van der Waals surface area (Å²) in [5.74, 6) is -2.15. The van der Waals surface area contributed by atoms with Crippen LogP contribution in [0.4, 0.5) is 0 Å². The molecular formula is C52H71BrN2O13. The number of hydrogen-bond donors (Lipinski definition) is 5. The molecule has 0 saturated carbocycles. The average Bonchev–Trinajstić information content (AvgIpc) is 3.95. The first kappa shape index (κ1) is 52.3. The zero-order chi connectivity index (χ0) is 48.4. The molecule has 8 bridgehead atoms. The topological polar surface area (TPSA) is 212 Å². The minimum Gasteiger partial charge on any atom is -0.476 e. The molecular weight excluding hydrogens is 940 g/mol. The molecule has 5 N–H and O–H groups in total. The second-order valence-electron chi connectivity index (χ2n) is 19.7. The number of carbonyl (C=O) groups excluding carboxylic acids is 1. The van der Waals surface area contributed by atoms with Crippen LogP contribution in [0.5, 0.6) is 0 Å². The van der Waals surface area contributed by atoms with Crippen LogP contribution in [0.3, 0.4) is 0 Å². The number of aliphatic hydroxyl groups is 5. The van der Waals surface area contributed by atoms with Crippen molar-refractivity contribution in [3.63, 3.8) is 0 Å². The van der Waals surface area contributed by atoms with Gasteiger partial charge in [-0.1, -0.05) is 77.0 Å². The standard InChI is InChI=1S/C52H71BrN2O13/c1-31(13-14-35(27-56)8-7-15-53)18-44(59)47-20-36(28-57)25-52(61,68-47)26-49-54-37(29-62-49)19-33(3)51-34(4)45-24-40(66-51)9-5-11-48-55-43(30-63-48)46-22-38(58)21-42(65-46)23-41-17-32(2)16-39(64-41)10-6-12-50(60)67-45/h5-7,11-15,18-19,29,34-36,38-47,51,56-59,61H,2,8-10,16-17,20-28,30H2,1,3-4H3/b11-5+,12-6-,14-13+,15-7+,31-18+,33-19+/t34-,35-,36-,38-,39+,40-,41-,42+,43?,44-,45+,46-,47-,51?,52+/m1/s1. The molecule has 7 heterocycles. The molecule has 68 heavy (non-hydrogen) atoms. The molecule has 0 amide bonds. The third-order valence-corrected chi connectivity index (χ3v) is 14.2. The number of esters is 1. The van der Waals surface area contributed by atoms with Crippen LogP contribution in [0.1, 0.15) is 103 Å². The Morgan fingerprint density at radius 2 is 1.79 bits per heavy atom. The largest absolute Gasteiger partial charge is 0.476 e. The van der Waals surface area contributed by atoms with Crippen LogP contribution in [0.25, 0.3) is 6.08 Å². The van der Waals surface area contributed by atoms with Crippen molar-refractivity contribution in [2.24, 2.45) is 22.7 Å². The van der Waals surface area contributed by atoms with Crippen molar-refractivity contribution in [2.75, 3.05) is 19.8 Å². The normalized spacial score (nSPS) is 37.5. The molecule has 0 radical (unpaired) electrons. The van der Waals surface area contributed by atoms with Gasteiger partial charge in [0.1, 0.15) is 30.7 Å². The minimum atomic E-state index is -1.77. The van der Waals surface area contributed by atoms with Crippen LogP contribution in [0, 0.1) is 17.8 Å². The van der Waals surface area contributed by atoms with Gasteiger partial charge < -0.3 is 58.4 Å². The number of ether oxygens (including phenoxy) is 6. The summed E-state index contributed by atoms with van der Waals surface area (Å²) >= 11 is 3.25. The lowest BCUT2D eigenvalue weighted by molar-refractivity contribution is -0.279. The Hall–Kier alpha value is -3.55. The monoisotopic (exact) mass is 1010 g/mol. The number of fused-ring (bicyclic) bond motifs is 8. The number of oxazole rings is 1. The Balaban J connectivity index is 1.04. The third kappa shape index (κ3) is 14.7.